The van der Waals surface area contributed by atoms with Gasteiger partial charge in [-0.15, -0.1) is 0 Å². The van der Waals surface area contributed by atoms with E-state index < -0.39 is 11.8 Å². The number of piperidine rings is 1. The number of halogens is 2. The van der Waals surface area contributed by atoms with Gasteiger partial charge in [0.1, 0.15) is 0 Å². The molecule has 0 radical (unpaired) electrons. The standard InChI is InChI=1S/C16H30F2N2/c1-11(2)13(5)15-6-7-19(10-16(15,17)18)14-8-20(9-14)12(3)4/h11-15H,6-10H2,1-5H3. The lowest BCUT2D eigenvalue weighted by atomic mass is 9.76. The summed E-state index contributed by atoms with van der Waals surface area (Å²) in [4.78, 5) is 4.38. The summed E-state index contributed by atoms with van der Waals surface area (Å²) >= 11 is 0. The van der Waals surface area contributed by atoms with Gasteiger partial charge < -0.3 is 0 Å². The predicted molar refractivity (Wildman–Crippen MR) is 79.1 cm³/mol. The van der Waals surface area contributed by atoms with Gasteiger partial charge in [-0.2, -0.15) is 0 Å². The fourth-order valence-corrected chi connectivity index (χ4v) is 3.55. The van der Waals surface area contributed by atoms with Gasteiger partial charge in [-0.3, -0.25) is 9.80 Å². The molecule has 20 heavy (non-hydrogen) atoms. The third-order valence-corrected chi connectivity index (χ3v) is 5.51. The number of nitrogens with zero attached hydrogens (tertiary/aromatic N) is 2. The lowest BCUT2D eigenvalue weighted by Gasteiger charge is -2.51. The van der Waals surface area contributed by atoms with Crippen LogP contribution in [0.1, 0.15) is 41.0 Å². The summed E-state index contributed by atoms with van der Waals surface area (Å²) in [5, 5.41) is 0. The second-order valence-corrected chi connectivity index (χ2v) is 7.43. The van der Waals surface area contributed by atoms with Crippen LogP contribution in [0, 0.1) is 17.8 Å². The van der Waals surface area contributed by atoms with Gasteiger partial charge in [0.25, 0.3) is 5.92 Å². The van der Waals surface area contributed by atoms with Crippen molar-refractivity contribution in [2.45, 2.75) is 59.0 Å². The largest absolute Gasteiger partial charge is 0.298 e. The van der Waals surface area contributed by atoms with Crippen LogP contribution in [0.2, 0.25) is 0 Å². The van der Waals surface area contributed by atoms with E-state index in [-0.39, 0.29) is 12.5 Å². The van der Waals surface area contributed by atoms with Crippen LogP contribution in [-0.4, -0.2) is 54.0 Å². The van der Waals surface area contributed by atoms with E-state index in [0.29, 0.717) is 24.4 Å². The lowest BCUT2D eigenvalue weighted by Crippen LogP contribution is -2.65. The van der Waals surface area contributed by atoms with Gasteiger partial charge in [0.15, 0.2) is 0 Å². The van der Waals surface area contributed by atoms with Gasteiger partial charge in [-0.05, 0) is 38.6 Å². The molecule has 0 saturated carbocycles. The molecule has 0 amide bonds. The quantitative estimate of drug-likeness (QED) is 0.783. The first-order chi connectivity index (χ1) is 9.22. The van der Waals surface area contributed by atoms with Crippen molar-refractivity contribution in [2.75, 3.05) is 26.2 Å². The molecule has 2 saturated heterocycles. The van der Waals surface area contributed by atoms with Crippen LogP contribution in [0.15, 0.2) is 0 Å². The maximum Gasteiger partial charge on any atom is 0.263 e. The van der Waals surface area contributed by atoms with E-state index in [0.717, 1.165) is 19.6 Å². The van der Waals surface area contributed by atoms with Crippen molar-refractivity contribution in [3.05, 3.63) is 0 Å². The van der Waals surface area contributed by atoms with Crippen molar-refractivity contribution in [3.63, 3.8) is 0 Å². The van der Waals surface area contributed by atoms with Gasteiger partial charge >= 0.3 is 0 Å². The van der Waals surface area contributed by atoms with Crippen LogP contribution < -0.4 is 0 Å². The molecule has 0 aromatic heterocycles. The summed E-state index contributed by atoms with van der Waals surface area (Å²) in [5.74, 6) is -2.54. The van der Waals surface area contributed by atoms with Crippen molar-refractivity contribution in [1.29, 1.82) is 0 Å². The Kier molecular flexibility index (Phi) is 4.75. The average molecular weight is 288 g/mol. The van der Waals surface area contributed by atoms with E-state index in [4.69, 9.17) is 0 Å². The van der Waals surface area contributed by atoms with Gasteiger partial charge in [0, 0.05) is 31.1 Å². The number of rotatable bonds is 4. The van der Waals surface area contributed by atoms with Crippen molar-refractivity contribution in [1.82, 2.24) is 9.80 Å². The number of alkyl halides is 2. The first-order valence-electron chi connectivity index (χ1n) is 8.08. The highest BCUT2D eigenvalue weighted by molar-refractivity contribution is 4.97. The zero-order valence-electron chi connectivity index (χ0n) is 13.6. The minimum atomic E-state index is -2.53. The lowest BCUT2D eigenvalue weighted by molar-refractivity contribution is -0.152. The SMILES string of the molecule is CC(C)C(C)C1CCN(C2CN(C(C)C)C2)CC1(F)F. The number of hydrogen-bond acceptors (Lipinski definition) is 2. The average Bonchev–Trinajstić information content (AvgIpc) is 2.24. The highest BCUT2D eigenvalue weighted by Gasteiger charge is 2.49. The summed E-state index contributed by atoms with van der Waals surface area (Å²) in [7, 11) is 0. The fourth-order valence-electron chi connectivity index (χ4n) is 3.55. The molecule has 0 aromatic carbocycles. The molecule has 2 aliphatic heterocycles. The zero-order chi connectivity index (χ0) is 15.1. The topological polar surface area (TPSA) is 6.48 Å². The second-order valence-electron chi connectivity index (χ2n) is 7.43. The molecule has 2 fully saturated rings. The number of hydrogen-bond donors (Lipinski definition) is 0. The Labute approximate surface area is 122 Å². The minimum absolute atomic E-state index is 0.0364. The molecule has 0 spiro atoms. The Morgan fingerprint density at radius 1 is 1.05 bits per heavy atom. The first-order valence-corrected chi connectivity index (χ1v) is 8.08. The van der Waals surface area contributed by atoms with Crippen molar-refractivity contribution < 1.29 is 8.78 Å². The Morgan fingerprint density at radius 3 is 2.10 bits per heavy atom. The van der Waals surface area contributed by atoms with Crippen molar-refractivity contribution >= 4 is 0 Å². The minimum Gasteiger partial charge on any atom is -0.298 e. The van der Waals surface area contributed by atoms with E-state index >= 15 is 0 Å². The molecular formula is C16H30F2N2. The van der Waals surface area contributed by atoms with Crippen LogP contribution in [-0.2, 0) is 0 Å². The third-order valence-electron chi connectivity index (χ3n) is 5.51. The molecule has 2 unspecified atom stereocenters. The molecule has 2 nitrogen and oxygen atoms in total. The summed E-state index contributed by atoms with van der Waals surface area (Å²) in [6, 6.07) is 0.879. The maximum atomic E-state index is 14.5. The molecule has 2 aliphatic rings. The van der Waals surface area contributed by atoms with Crippen LogP contribution in [0.3, 0.4) is 0 Å². The van der Waals surface area contributed by atoms with Gasteiger partial charge in [0.2, 0.25) is 0 Å². The molecule has 4 heteroatoms. The van der Waals surface area contributed by atoms with Gasteiger partial charge in [-0.1, -0.05) is 20.8 Å². The summed E-state index contributed by atoms with van der Waals surface area (Å²) in [5.41, 5.74) is 0. The molecule has 2 atom stereocenters. The first kappa shape index (κ1) is 16.2. The molecule has 0 bridgehead atoms. The van der Waals surface area contributed by atoms with E-state index in [1.807, 2.05) is 11.8 Å². The van der Waals surface area contributed by atoms with Gasteiger partial charge in [-0.25, -0.2) is 8.78 Å². The van der Waals surface area contributed by atoms with Crippen molar-refractivity contribution in [3.8, 4) is 0 Å². The Morgan fingerprint density at radius 2 is 1.65 bits per heavy atom. The zero-order valence-corrected chi connectivity index (χ0v) is 13.6. The highest BCUT2D eigenvalue weighted by atomic mass is 19.3. The van der Waals surface area contributed by atoms with Crippen LogP contribution in [0.5, 0.6) is 0 Å². The normalized spacial score (nSPS) is 30.8. The second kappa shape index (κ2) is 5.88. The molecule has 2 heterocycles. The Balaban J connectivity index is 1.91. The molecule has 0 N–H and O–H groups in total. The monoisotopic (exact) mass is 288 g/mol. The van der Waals surface area contributed by atoms with Crippen molar-refractivity contribution in [2.24, 2.45) is 17.8 Å². The summed E-state index contributed by atoms with van der Waals surface area (Å²) < 4.78 is 28.9. The van der Waals surface area contributed by atoms with Gasteiger partial charge in [0.05, 0.1) is 6.54 Å². The van der Waals surface area contributed by atoms with E-state index in [9.17, 15) is 8.78 Å². The molecule has 2 rings (SSSR count). The highest BCUT2D eigenvalue weighted by Crippen LogP contribution is 2.41. The molecule has 118 valence electrons. The molecule has 0 aliphatic carbocycles. The maximum absolute atomic E-state index is 14.5. The summed E-state index contributed by atoms with van der Waals surface area (Å²) in [6.45, 7) is 13.2. The van der Waals surface area contributed by atoms with Crippen LogP contribution in [0.4, 0.5) is 8.78 Å². The van der Waals surface area contributed by atoms with E-state index in [1.54, 1.807) is 0 Å². The Bertz CT molecular complexity index is 324. The summed E-state index contributed by atoms with van der Waals surface area (Å²) in [6.07, 6.45) is 0.643. The fraction of sp³-hybridized carbons (Fsp3) is 1.00. The van der Waals surface area contributed by atoms with E-state index in [2.05, 4.69) is 32.6 Å². The van der Waals surface area contributed by atoms with Crippen LogP contribution in [0.25, 0.3) is 0 Å². The number of likely N-dealkylation sites (tertiary alicyclic amines) is 2. The molecular weight excluding hydrogens is 258 g/mol. The van der Waals surface area contributed by atoms with E-state index in [1.165, 1.54) is 0 Å². The Hall–Kier alpha value is -0.220. The van der Waals surface area contributed by atoms with Crippen LogP contribution >= 0.6 is 0 Å². The molecule has 0 aromatic rings. The third kappa shape index (κ3) is 3.16. The predicted octanol–water partition coefficient (Wildman–Crippen LogP) is 3.33. The smallest absolute Gasteiger partial charge is 0.263 e.